The van der Waals surface area contributed by atoms with Crippen LogP contribution in [0.15, 0.2) is 12.1 Å². The van der Waals surface area contributed by atoms with Crippen molar-refractivity contribution in [1.29, 1.82) is 0 Å². The molecule has 1 aromatic carbocycles. The molecule has 9 nitrogen and oxygen atoms in total. The lowest BCUT2D eigenvalue weighted by molar-refractivity contribution is -0.384. The number of nitrogens with zero attached hydrogens (tertiary/aromatic N) is 2. The Morgan fingerprint density at radius 1 is 1.37 bits per heavy atom. The third-order valence-corrected chi connectivity index (χ3v) is 4.63. The van der Waals surface area contributed by atoms with Gasteiger partial charge in [0.05, 0.1) is 4.92 Å². The molecule has 0 radical (unpaired) electrons. The Hall–Kier alpha value is -2.99. The number of amides is 2. The number of hydrogen-bond acceptors (Lipinski definition) is 6. The van der Waals surface area contributed by atoms with E-state index in [9.17, 15) is 19.7 Å². The smallest absolute Gasteiger partial charge is 0.410 e. The van der Waals surface area contributed by atoms with Crippen LogP contribution in [0.2, 0.25) is 5.02 Å². The summed E-state index contributed by atoms with van der Waals surface area (Å²) < 4.78 is 10.8. The number of nitrogens with two attached hydrogens (primary N) is 1. The third kappa shape index (κ3) is 6.52. The van der Waals surface area contributed by atoms with Gasteiger partial charge in [-0.1, -0.05) is 23.4 Å². The summed E-state index contributed by atoms with van der Waals surface area (Å²) in [4.78, 5) is 35.4. The van der Waals surface area contributed by atoms with Crippen molar-refractivity contribution in [2.75, 3.05) is 19.7 Å². The molecule has 30 heavy (non-hydrogen) atoms. The lowest BCUT2D eigenvalue weighted by Crippen LogP contribution is -2.35. The Kier molecular flexibility index (Phi) is 7.51. The van der Waals surface area contributed by atoms with Gasteiger partial charge in [-0.2, -0.15) is 0 Å². The summed E-state index contributed by atoms with van der Waals surface area (Å²) in [7, 11) is 0. The molecule has 1 fully saturated rings. The molecule has 1 saturated heterocycles. The Labute approximate surface area is 179 Å². The van der Waals surface area contributed by atoms with Crippen LogP contribution in [0.25, 0.3) is 0 Å². The minimum Gasteiger partial charge on any atom is -0.479 e. The molecule has 162 valence electrons. The van der Waals surface area contributed by atoms with Crippen molar-refractivity contribution in [1.82, 2.24) is 4.90 Å². The summed E-state index contributed by atoms with van der Waals surface area (Å²) in [5.41, 5.74) is 4.11. The molecule has 0 bridgehead atoms. The van der Waals surface area contributed by atoms with Crippen LogP contribution < -0.4 is 10.5 Å². The van der Waals surface area contributed by atoms with Gasteiger partial charge >= 0.3 is 6.09 Å². The highest BCUT2D eigenvalue weighted by atomic mass is 35.5. The van der Waals surface area contributed by atoms with E-state index < -0.39 is 22.1 Å². The molecule has 0 aromatic heterocycles. The quantitative estimate of drug-likeness (QED) is 0.427. The predicted octanol–water partition coefficient (Wildman–Crippen LogP) is 3.38. The van der Waals surface area contributed by atoms with Crippen molar-refractivity contribution in [2.24, 2.45) is 11.7 Å². The molecule has 0 spiro atoms. The summed E-state index contributed by atoms with van der Waals surface area (Å²) in [5, 5.41) is 10.8. The Morgan fingerprint density at radius 3 is 2.67 bits per heavy atom. The maximum atomic E-state index is 12.1. The highest BCUT2D eigenvalue weighted by Crippen LogP contribution is 2.35. The van der Waals surface area contributed by atoms with Crippen LogP contribution >= 0.6 is 11.6 Å². The van der Waals surface area contributed by atoms with Gasteiger partial charge in [0, 0.05) is 31.1 Å². The van der Waals surface area contributed by atoms with E-state index in [0.717, 1.165) is 12.5 Å². The first-order valence-electron chi connectivity index (χ1n) is 9.32. The summed E-state index contributed by atoms with van der Waals surface area (Å²) in [6, 6.07) is 2.24. The second kappa shape index (κ2) is 9.67. The molecular formula is C20H24ClN3O6. The SMILES string of the molecule is CC(C)(C)OC(=O)N1CCC(CC#CCOc2cc(C(N)=O)cc([N+](=O)[O-])c2Cl)C1. The molecule has 1 unspecified atom stereocenters. The molecule has 1 aliphatic rings. The zero-order valence-corrected chi connectivity index (χ0v) is 17.8. The number of nitro benzene ring substituents is 1. The molecule has 0 saturated carbocycles. The van der Waals surface area contributed by atoms with Crippen molar-refractivity contribution >= 4 is 29.3 Å². The van der Waals surface area contributed by atoms with Crippen molar-refractivity contribution in [2.45, 2.75) is 39.2 Å². The molecule has 2 N–H and O–H groups in total. The number of carbonyl (C=O) groups excluding carboxylic acids is 2. The van der Waals surface area contributed by atoms with Gasteiger partial charge in [0.1, 0.15) is 18.0 Å². The van der Waals surface area contributed by atoms with Crippen LogP contribution in [0, 0.1) is 27.9 Å². The van der Waals surface area contributed by atoms with Gasteiger partial charge in [0.15, 0.2) is 5.02 Å². The highest BCUT2D eigenvalue weighted by molar-refractivity contribution is 6.34. The van der Waals surface area contributed by atoms with Crippen molar-refractivity contribution in [3.05, 3.63) is 32.8 Å². The summed E-state index contributed by atoms with van der Waals surface area (Å²) >= 11 is 5.97. The van der Waals surface area contributed by atoms with E-state index >= 15 is 0 Å². The van der Waals surface area contributed by atoms with Crippen molar-refractivity contribution in [3.8, 4) is 17.6 Å². The van der Waals surface area contributed by atoms with Gasteiger partial charge in [0.25, 0.3) is 5.69 Å². The van der Waals surface area contributed by atoms with E-state index in [4.69, 9.17) is 26.8 Å². The first-order valence-corrected chi connectivity index (χ1v) is 9.70. The minimum absolute atomic E-state index is 0.0362. The normalized spacial score (nSPS) is 15.9. The zero-order valence-electron chi connectivity index (χ0n) is 17.1. The topological polar surface area (TPSA) is 125 Å². The highest BCUT2D eigenvalue weighted by Gasteiger charge is 2.29. The van der Waals surface area contributed by atoms with Crippen LogP contribution in [0.4, 0.5) is 10.5 Å². The summed E-state index contributed by atoms with van der Waals surface area (Å²) in [6.45, 7) is 6.60. The van der Waals surface area contributed by atoms with Crippen LogP contribution in [-0.4, -0.2) is 47.1 Å². The maximum Gasteiger partial charge on any atom is 0.410 e. The van der Waals surface area contributed by atoms with Gasteiger partial charge < -0.3 is 20.1 Å². The standard InChI is InChI=1S/C20H24ClN3O6/c1-20(2,3)30-19(26)23-8-7-13(12-23)6-4-5-9-29-16-11-14(18(22)25)10-15(17(16)21)24(27)28/h10-11,13H,6-9,12H2,1-3H3,(H2,22,25). The molecule has 10 heteroatoms. The fourth-order valence-electron chi connectivity index (χ4n) is 2.84. The van der Waals surface area contributed by atoms with Crippen LogP contribution in [0.1, 0.15) is 44.0 Å². The number of nitro groups is 1. The van der Waals surface area contributed by atoms with Gasteiger partial charge in [-0.15, -0.1) is 0 Å². The number of benzene rings is 1. The van der Waals surface area contributed by atoms with E-state index in [-0.39, 0.29) is 35.0 Å². The number of rotatable bonds is 5. The molecule has 2 rings (SSSR count). The van der Waals surface area contributed by atoms with Crippen molar-refractivity contribution in [3.63, 3.8) is 0 Å². The Balaban J connectivity index is 1.90. The molecule has 1 atom stereocenters. The number of primary amides is 1. The average molecular weight is 438 g/mol. The second-order valence-corrected chi connectivity index (χ2v) is 8.23. The number of hydrogen-bond donors (Lipinski definition) is 1. The second-order valence-electron chi connectivity index (χ2n) is 7.86. The molecule has 1 aliphatic heterocycles. The van der Waals surface area contributed by atoms with E-state index in [1.54, 1.807) is 4.90 Å². The number of likely N-dealkylation sites (tertiary alicyclic amines) is 1. The fraction of sp³-hybridized carbons (Fsp3) is 0.500. The van der Waals surface area contributed by atoms with E-state index in [0.29, 0.717) is 19.5 Å². The number of ether oxygens (including phenoxy) is 2. The van der Waals surface area contributed by atoms with Crippen molar-refractivity contribution < 1.29 is 24.0 Å². The van der Waals surface area contributed by atoms with E-state index in [1.807, 2.05) is 20.8 Å². The Bertz CT molecular complexity index is 900. The predicted molar refractivity (Wildman–Crippen MR) is 110 cm³/mol. The molecule has 0 aliphatic carbocycles. The molecule has 1 heterocycles. The summed E-state index contributed by atoms with van der Waals surface area (Å²) in [6.07, 6.45) is 1.07. The monoisotopic (exact) mass is 437 g/mol. The van der Waals surface area contributed by atoms with Crippen LogP contribution in [0.3, 0.4) is 0 Å². The number of carbonyl (C=O) groups is 2. The summed E-state index contributed by atoms with van der Waals surface area (Å²) in [5.74, 6) is 5.15. The minimum atomic E-state index is -0.832. The average Bonchev–Trinajstić information content (AvgIpc) is 3.10. The van der Waals surface area contributed by atoms with Crippen LogP contribution in [-0.2, 0) is 4.74 Å². The lowest BCUT2D eigenvalue weighted by atomic mass is 10.1. The molecule has 2 amide bonds. The van der Waals surface area contributed by atoms with E-state index in [2.05, 4.69) is 11.8 Å². The van der Waals surface area contributed by atoms with Gasteiger partial charge in [-0.3, -0.25) is 14.9 Å². The van der Waals surface area contributed by atoms with Gasteiger partial charge in [-0.25, -0.2) is 4.79 Å². The van der Waals surface area contributed by atoms with E-state index in [1.165, 1.54) is 6.07 Å². The largest absolute Gasteiger partial charge is 0.479 e. The fourth-order valence-corrected chi connectivity index (χ4v) is 3.07. The lowest BCUT2D eigenvalue weighted by Gasteiger charge is -2.24. The molecular weight excluding hydrogens is 414 g/mol. The maximum absolute atomic E-state index is 12.1. The van der Waals surface area contributed by atoms with Gasteiger partial charge in [0.2, 0.25) is 5.91 Å². The number of halogens is 1. The first-order chi connectivity index (χ1) is 14.0. The van der Waals surface area contributed by atoms with Crippen LogP contribution in [0.5, 0.6) is 5.75 Å². The zero-order chi connectivity index (χ0) is 22.5. The Morgan fingerprint density at radius 2 is 2.07 bits per heavy atom. The molecule has 1 aromatic rings. The third-order valence-electron chi connectivity index (χ3n) is 4.25. The van der Waals surface area contributed by atoms with Gasteiger partial charge in [-0.05, 0) is 39.2 Å². The first kappa shape index (κ1) is 23.3.